The number of hydrogen-bond acceptors (Lipinski definition) is 16. The fraction of sp³-hybridized carbons (Fsp3) is 0.0968. The van der Waals surface area contributed by atoms with Crippen molar-refractivity contribution >= 4 is 91.5 Å². The lowest BCUT2D eigenvalue weighted by Gasteiger charge is -2.11. The Balaban J connectivity index is 1.37. The molecule has 5 aromatic rings. The maximum atomic E-state index is 11.9. The Morgan fingerprint density at radius 3 is 2.02 bits per heavy atom. The second-order valence-electron chi connectivity index (χ2n) is 10.7. The second kappa shape index (κ2) is 16.6. The molecule has 0 fully saturated rings. The first-order valence-corrected chi connectivity index (χ1v) is 17.3. The zero-order valence-electron chi connectivity index (χ0n) is 27.3. The summed E-state index contributed by atoms with van der Waals surface area (Å²) < 4.78 is 37.8. The number of urea groups is 1. The second-order valence-corrected chi connectivity index (χ2v) is 13.3. The van der Waals surface area contributed by atoms with Gasteiger partial charge in [-0.05, 0) is 110 Å². The number of carbonyl (C=O) groups is 1. The first kappa shape index (κ1) is 37.6. The van der Waals surface area contributed by atoms with Crippen LogP contribution in [0.1, 0.15) is 16.7 Å². The molecule has 21 heteroatoms. The van der Waals surface area contributed by atoms with Crippen molar-refractivity contribution in [3.8, 4) is 0 Å². The van der Waals surface area contributed by atoms with E-state index < -0.39 is 21.0 Å². The largest absolute Gasteiger partial charge is 0.351 e. The molecule has 0 bridgehead atoms. The molecule has 0 saturated carbocycles. The standard InChI is InChI=1S/C31H28ClN11O7S2/c1-16-5-4-6-19(11-16)34-30-37-28(32)38-31(39-30)35-20-7-9-22(25(14-20)36-29(33)44)40-41-23-12-18(3)24(13-17(23)2)42-43-26-15-21(51-50-49-45)8-10-27(26)52(46,47)48/h4-15,45H,1-3H3,(H3,33,36,44)(H,46,47,48)(H2,34,35,37,38,39). The number of nitrogens with two attached hydrogens (primary N) is 1. The van der Waals surface area contributed by atoms with E-state index >= 15 is 0 Å². The van der Waals surface area contributed by atoms with E-state index in [0.29, 0.717) is 45.1 Å². The van der Waals surface area contributed by atoms with Gasteiger partial charge >= 0.3 is 6.03 Å². The molecule has 0 aliphatic heterocycles. The quantitative estimate of drug-likeness (QED) is 0.0215. The van der Waals surface area contributed by atoms with Gasteiger partial charge in [-0.25, -0.2) is 10.1 Å². The molecule has 5 rings (SSSR count). The molecule has 0 radical (unpaired) electrons. The molecule has 0 saturated heterocycles. The van der Waals surface area contributed by atoms with E-state index in [9.17, 15) is 17.8 Å². The first-order chi connectivity index (χ1) is 24.8. The minimum atomic E-state index is -4.65. The number of nitrogens with one attached hydrogen (secondary N) is 3. The van der Waals surface area contributed by atoms with Crippen LogP contribution in [0.2, 0.25) is 5.28 Å². The van der Waals surface area contributed by atoms with Gasteiger partial charge in [0.15, 0.2) is 0 Å². The zero-order chi connectivity index (χ0) is 37.4. The molecule has 1 aromatic heterocycles. The van der Waals surface area contributed by atoms with E-state index in [-0.39, 0.29) is 34.2 Å². The third-order valence-electron chi connectivity index (χ3n) is 6.81. The number of aromatic nitrogens is 3. The number of aryl methyl sites for hydroxylation is 3. The highest BCUT2D eigenvalue weighted by atomic mass is 35.5. The minimum Gasteiger partial charge on any atom is -0.351 e. The number of anilines is 5. The predicted octanol–water partition coefficient (Wildman–Crippen LogP) is 8.93. The topological polar surface area (TPSA) is 260 Å². The van der Waals surface area contributed by atoms with Crippen molar-refractivity contribution in [3.63, 3.8) is 0 Å². The van der Waals surface area contributed by atoms with Gasteiger partial charge in [-0.2, -0.15) is 33.6 Å². The number of hydrogen-bond donors (Lipinski definition) is 6. The molecule has 0 unspecified atom stereocenters. The van der Waals surface area contributed by atoms with E-state index in [4.69, 9.17) is 22.6 Å². The Kier molecular flexibility index (Phi) is 12.0. The average molecular weight is 766 g/mol. The molecule has 0 atom stereocenters. The summed E-state index contributed by atoms with van der Waals surface area (Å²) in [6.45, 7) is 5.43. The van der Waals surface area contributed by atoms with E-state index in [1.807, 2.05) is 31.2 Å². The van der Waals surface area contributed by atoms with Crippen LogP contribution in [-0.4, -0.2) is 39.2 Å². The molecule has 18 nitrogen and oxygen atoms in total. The molecule has 2 amide bonds. The minimum absolute atomic E-state index is 0.0530. The SMILES string of the molecule is Cc1cccc(Nc2nc(Cl)nc(Nc3ccc(N=Nc4cc(C)c(N=Nc5cc(SOOO)ccc5S(=O)(=O)O)cc4C)c(NC(N)=O)c3)n2)c1. The molecule has 268 valence electrons. The Morgan fingerprint density at radius 1 is 0.808 bits per heavy atom. The van der Waals surface area contributed by atoms with Crippen LogP contribution < -0.4 is 21.7 Å². The van der Waals surface area contributed by atoms with Crippen molar-refractivity contribution < 1.29 is 32.4 Å². The van der Waals surface area contributed by atoms with Gasteiger partial charge in [0, 0.05) is 16.3 Å². The first-order valence-electron chi connectivity index (χ1n) is 14.7. The fourth-order valence-electron chi connectivity index (χ4n) is 4.49. The smallest absolute Gasteiger partial charge is 0.316 e. The highest BCUT2D eigenvalue weighted by molar-refractivity contribution is 7.94. The normalized spacial score (nSPS) is 11.7. The molecular weight excluding hydrogens is 738 g/mol. The summed E-state index contributed by atoms with van der Waals surface area (Å²) in [7, 11) is -4.65. The zero-order valence-corrected chi connectivity index (χ0v) is 29.7. The van der Waals surface area contributed by atoms with Crippen molar-refractivity contribution in [3.05, 3.63) is 94.8 Å². The third kappa shape index (κ3) is 10.2. The van der Waals surface area contributed by atoms with Crippen LogP contribution in [0.5, 0.6) is 0 Å². The van der Waals surface area contributed by atoms with Crippen LogP contribution in [0.4, 0.5) is 56.5 Å². The monoisotopic (exact) mass is 765 g/mol. The number of rotatable bonds is 13. The summed E-state index contributed by atoms with van der Waals surface area (Å²) in [4.78, 5) is 24.3. The molecule has 4 aromatic carbocycles. The van der Waals surface area contributed by atoms with Crippen LogP contribution in [0.25, 0.3) is 0 Å². The Hall–Kier alpha value is -5.61. The van der Waals surface area contributed by atoms with Crippen LogP contribution in [0.15, 0.2) is 103 Å². The molecule has 1 heterocycles. The lowest BCUT2D eigenvalue weighted by molar-refractivity contribution is -0.432. The molecule has 0 spiro atoms. The number of primary amides is 1. The fourth-order valence-corrected chi connectivity index (χ4v) is 5.65. The van der Waals surface area contributed by atoms with Crippen molar-refractivity contribution in [1.29, 1.82) is 0 Å². The molecule has 7 N–H and O–H groups in total. The average Bonchev–Trinajstić information content (AvgIpc) is 3.06. The highest BCUT2D eigenvalue weighted by Gasteiger charge is 2.17. The van der Waals surface area contributed by atoms with Crippen molar-refractivity contribution in [1.82, 2.24) is 15.0 Å². The summed E-state index contributed by atoms with van der Waals surface area (Å²) in [5, 5.41) is 37.4. The summed E-state index contributed by atoms with van der Waals surface area (Å²) >= 11 is 6.73. The molecule has 0 aliphatic rings. The number of carbonyl (C=O) groups excluding carboxylic acids is 1. The predicted molar refractivity (Wildman–Crippen MR) is 193 cm³/mol. The summed E-state index contributed by atoms with van der Waals surface area (Å²) in [6, 6.07) is 18.6. The van der Waals surface area contributed by atoms with Crippen molar-refractivity contribution in [2.24, 2.45) is 26.2 Å². The molecular formula is C31H28ClN11O7S2. The van der Waals surface area contributed by atoms with Gasteiger partial charge in [0.25, 0.3) is 10.1 Å². The Bertz CT molecular complexity index is 2310. The van der Waals surface area contributed by atoms with Crippen molar-refractivity contribution in [2.75, 3.05) is 16.0 Å². The third-order valence-corrected chi connectivity index (χ3v) is 8.45. The molecule has 52 heavy (non-hydrogen) atoms. The van der Waals surface area contributed by atoms with Gasteiger partial charge in [-0.1, -0.05) is 17.2 Å². The van der Waals surface area contributed by atoms with E-state index in [0.717, 1.165) is 17.3 Å². The number of azo groups is 2. The molecule has 0 aliphatic carbocycles. The van der Waals surface area contributed by atoms with Gasteiger partial charge in [-0.3, -0.25) is 4.55 Å². The number of nitrogens with zero attached hydrogens (tertiary/aromatic N) is 7. The highest BCUT2D eigenvalue weighted by Crippen LogP contribution is 2.36. The summed E-state index contributed by atoms with van der Waals surface area (Å²) in [5.41, 5.74) is 10.0. The number of benzene rings is 4. The van der Waals surface area contributed by atoms with Crippen LogP contribution in [0, 0.1) is 20.8 Å². The van der Waals surface area contributed by atoms with E-state index in [1.54, 1.807) is 44.2 Å². The van der Waals surface area contributed by atoms with E-state index in [2.05, 4.69) is 60.7 Å². The maximum Gasteiger partial charge on any atom is 0.316 e. The van der Waals surface area contributed by atoms with Crippen LogP contribution >= 0.6 is 23.6 Å². The van der Waals surface area contributed by atoms with Crippen LogP contribution in [-0.2, 0) is 19.5 Å². The Morgan fingerprint density at radius 2 is 1.42 bits per heavy atom. The van der Waals surface area contributed by atoms with Gasteiger partial charge in [0.05, 0.1) is 29.1 Å². The lowest BCUT2D eigenvalue weighted by atomic mass is 10.1. The van der Waals surface area contributed by atoms with Gasteiger partial charge < -0.3 is 21.7 Å². The van der Waals surface area contributed by atoms with Gasteiger partial charge in [0.1, 0.15) is 16.3 Å². The van der Waals surface area contributed by atoms with Gasteiger partial charge in [-0.15, -0.1) is 14.6 Å². The Labute approximate surface area is 305 Å². The summed E-state index contributed by atoms with van der Waals surface area (Å²) in [6.07, 6.45) is 0. The number of amides is 2. The van der Waals surface area contributed by atoms with E-state index in [1.165, 1.54) is 12.1 Å². The lowest BCUT2D eigenvalue weighted by Crippen LogP contribution is -2.19. The van der Waals surface area contributed by atoms with Crippen molar-refractivity contribution in [2.45, 2.75) is 30.6 Å². The number of halogens is 1. The van der Waals surface area contributed by atoms with Gasteiger partial charge in [0.2, 0.25) is 17.2 Å². The maximum absolute atomic E-state index is 11.9. The summed E-state index contributed by atoms with van der Waals surface area (Å²) in [5.74, 6) is 0.340. The van der Waals surface area contributed by atoms with Crippen LogP contribution in [0.3, 0.4) is 0 Å².